The van der Waals surface area contributed by atoms with Gasteiger partial charge in [0.05, 0.1) is 23.6 Å². The van der Waals surface area contributed by atoms with E-state index in [1.807, 2.05) is 0 Å². The molecule has 0 radical (unpaired) electrons. The molecule has 0 fully saturated rings. The largest absolute Gasteiger partial charge is 0.497 e. The van der Waals surface area contributed by atoms with Crippen LogP contribution in [0.1, 0.15) is 31.1 Å². The van der Waals surface area contributed by atoms with Crippen molar-refractivity contribution in [3.8, 4) is 5.75 Å². The lowest BCUT2D eigenvalue weighted by Gasteiger charge is -2.29. The van der Waals surface area contributed by atoms with Crippen molar-refractivity contribution in [2.45, 2.75) is 31.7 Å². The lowest BCUT2D eigenvalue weighted by molar-refractivity contribution is 0.0908. The molecule has 0 heterocycles. The van der Waals surface area contributed by atoms with Crippen molar-refractivity contribution >= 4 is 17.5 Å². The second-order valence-electron chi connectivity index (χ2n) is 4.64. The molecule has 3 nitrogen and oxygen atoms in total. The predicted octanol–water partition coefficient (Wildman–Crippen LogP) is 2.97. The Hall–Kier alpha value is -1.29. The summed E-state index contributed by atoms with van der Waals surface area (Å²) in [7, 11) is 1.44. The fourth-order valence-electron chi connectivity index (χ4n) is 1.27. The van der Waals surface area contributed by atoms with Crippen LogP contribution in [0.15, 0.2) is 18.2 Å². The standard InChI is InChI=1S/C13H17ClFNO2/c1-8(14)13(2,3)16-12(17)10-6-5-9(18-4)7-11(10)15/h5-8H,1-4H3,(H,16,17). The van der Waals surface area contributed by atoms with Crippen LogP contribution < -0.4 is 10.1 Å². The number of methoxy groups -OCH3 is 1. The quantitative estimate of drug-likeness (QED) is 0.857. The first kappa shape index (κ1) is 14.8. The Morgan fingerprint density at radius 3 is 2.56 bits per heavy atom. The Morgan fingerprint density at radius 2 is 2.11 bits per heavy atom. The topological polar surface area (TPSA) is 38.3 Å². The van der Waals surface area contributed by atoms with E-state index in [4.69, 9.17) is 16.3 Å². The van der Waals surface area contributed by atoms with Gasteiger partial charge >= 0.3 is 0 Å². The van der Waals surface area contributed by atoms with Crippen molar-refractivity contribution in [2.24, 2.45) is 0 Å². The van der Waals surface area contributed by atoms with Gasteiger partial charge in [0, 0.05) is 6.07 Å². The summed E-state index contributed by atoms with van der Waals surface area (Å²) in [6.07, 6.45) is 0. The van der Waals surface area contributed by atoms with Crippen molar-refractivity contribution in [2.75, 3.05) is 7.11 Å². The predicted molar refractivity (Wildman–Crippen MR) is 69.8 cm³/mol. The third-order valence-corrected chi connectivity index (χ3v) is 3.40. The second-order valence-corrected chi connectivity index (χ2v) is 5.29. The van der Waals surface area contributed by atoms with Gasteiger partial charge in [-0.05, 0) is 32.9 Å². The van der Waals surface area contributed by atoms with Crippen molar-refractivity contribution in [3.63, 3.8) is 0 Å². The van der Waals surface area contributed by atoms with E-state index in [-0.39, 0.29) is 10.9 Å². The molecule has 5 heteroatoms. The van der Waals surface area contributed by atoms with Gasteiger partial charge in [0.2, 0.25) is 0 Å². The molecular formula is C13H17ClFNO2. The molecule has 1 amide bonds. The highest BCUT2D eigenvalue weighted by Crippen LogP contribution is 2.19. The summed E-state index contributed by atoms with van der Waals surface area (Å²) in [6, 6.07) is 4.10. The molecule has 18 heavy (non-hydrogen) atoms. The monoisotopic (exact) mass is 273 g/mol. The molecule has 0 aliphatic heterocycles. The maximum atomic E-state index is 13.7. The van der Waals surface area contributed by atoms with Gasteiger partial charge in [-0.3, -0.25) is 4.79 Å². The van der Waals surface area contributed by atoms with Crippen LogP contribution in [0, 0.1) is 5.82 Å². The molecule has 0 aliphatic rings. The maximum Gasteiger partial charge on any atom is 0.254 e. The number of nitrogens with one attached hydrogen (secondary N) is 1. The molecule has 1 unspecified atom stereocenters. The normalized spacial score (nSPS) is 13.0. The third-order valence-electron chi connectivity index (χ3n) is 2.85. The molecular weight excluding hydrogens is 257 g/mol. The van der Waals surface area contributed by atoms with Crippen LogP contribution in [0.5, 0.6) is 5.75 Å². The number of halogens is 2. The molecule has 0 bridgehead atoms. The van der Waals surface area contributed by atoms with Gasteiger partial charge in [-0.15, -0.1) is 11.6 Å². The number of carbonyl (C=O) groups is 1. The molecule has 0 saturated heterocycles. The van der Waals surface area contributed by atoms with E-state index in [0.29, 0.717) is 5.75 Å². The van der Waals surface area contributed by atoms with E-state index >= 15 is 0 Å². The van der Waals surface area contributed by atoms with Crippen LogP contribution in [0.25, 0.3) is 0 Å². The molecule has 1 aromatic rings. The average molecular weight is 274 g/mol. The molecule has 1 rings (SSSR count). The third kappa shape index (κ3) is 3.35. The molecule has 1 aromatic carbocycles. The molecule has 0 aliphatic carbocycles. The Bertz CT molecular complexity index is 447. The highest BCUT2D eigenvalue weighted by molar-refractivity contribution is 6.21. The molecule has 1 atom stereocenters. The minimum absolute atomic E-state index is 0.0267. The van der Waals surface area contributed by atoms with Crippen LogP contribution in [0.3, 0.4) is 0 Å². The van der Waals surface area contributed by atoms with Crippen molar-refractivity contribution < 1.29 is 13.9 Å². The Kier molecular flexibility index (Phi) is 4.57. The molecule has 1 N–H and O–H groups in total. The van der Waals surface area contributed by atoms with Crippen LogP contribution in [0.2, 0.25) is 0 Å². The zero-order valence-corrected chi connectivity index (χ0v) is 11.6. The smallest absolute Gasteiger partial charge is 0.254 e. The summed E-state index contributed by atoms with van der Waals surface area (Å²) in [5.74, 6) is -0.744. The van der Waals surface area contributed by atoms with Gasteiger partial charge in [0.25, 0.3) is 5.91 Å². The number of benzene rings is 1. The Labute approximate surface area is 111 Å². The van der Waals surface area contributed by atoms with Gasteiger partial charge in [-0.1, -0.05) is 0 Å². The number of ether oxygens (including phenoxy) is 1. The average Bonchev–Trinajstić information content (AvgIpc) is 2.27. The lowest BCUT2D eigenvalue weighted by Crippen LogP contribution is -2.49. The molecule has 0 spiro atoms. The summed E-state index contributed by atoms with van der Waals surface area (Å²) in [4.78, 5) is 11.9. The van der Waals surface area contributed by atoms with Crippen LogP contribution >= 0.6 is 11.6 Å². The summed E-state index contributed by atoms with van der Waals surface area (Å²) >= 11 is 5.96. The summed E-state index contributed by atoms with van der Waals surface area (Å²) in [5.41, 5.74) is -0.647. The van der Waals surface area contributed by atoms with Crippen molar-refractivity contribution in [1.82, 2.24) is 5.32 Å². The van der Waals surface area contributed by atoms with Gasteiger partial charge in [-0.25, -0.2) is 4.39 Å². The highest BCUT2D eigenvalue weighted by Gasteiger charge is 2.27. The van der Waals surface area contributed by atoms with E-state index in [1.54, 1.807) is 20.8 Å². The number of hydrogen-bond acceptors (Lipinski definition) is 2. The first-order chi connectivity index (χ1) is 8.27. The van der Waals surface area contributed by atoms with Gasteiger partial charge in [0.1, 0.15) is 11.6 Å². The number of rotatable bonds is 4. The summed E-state index contributed by atoms with van der Waals surface area (Å²) in [5, 5.41) is 2.42. The zero-order chi connectivity index (χ0) is 13.9. The van der Waals surface area contributed by atoms with E-state index < -0.39 is 17.3 Å². The summed E-state index contributed by atoms with van der Waals surface area (Å²) < 4.78 is 18.6. The van der Waals surface area contributed by atoms with Crippen LogP contribution in [-0.2, 0) is 0 Å². The Morgan fingerprint density at radius 1 is 1.50 bits per heavy atom. The molecule has 0 aromatic heterocycles. The van der Waals surface area contributed by atoms with Gasteiger partial charge < -0.3 is 10.1 Å². The second kappa shape index (κ2) is 5.57. The Balaban J connectivity index is 2.92. The van der Waals surface area contributed by atoms with Gasteiger partial charge in [-0.2, -0.15) is 0 Å². The van der Waals surface area contributed by atoms with E-state index in [0.717, 1.165) is 0 Å². The van der Waals surface area contributed by atoms with Crippen molar-refractivity contribution in [3.05, 3.63) is 29.6 Å². The minimum Gasteiger partial charge on any atom is -0.497 e. The first-order valence-corrected chi connectivity index (χ1v) is 6.01. The first-order valence-electron chi connectivity index (χ1n) is 5.58. The molecule has 0 saturated carbocycles. The zero-order valence-electron chi connectivity index (χ0n) is 10.9. The van der Waals surface area contributed by atoms with E-state index in [1.165, 1.54) is 25.3 Å². The maximum absolute atomic E-state index is 13.7. The fourth-order valence-corrected chi connectivity index (χ4v) is 1.32. The van der Waals surface area contributed by atoms with E-state index in [2.05, 4.69) is 5.32 Å². The fraction of sp³-hybridized carbons (Fsp3) is 0.462. The summed E-state index contributed by atoms with van der Waals surface area (Å²) in [6.45, 7) is 5.33. The highest BCUT2D eigenvalue weighted by atomic mass is 35.5. The number of alkyl halides is 1. The van der Waals surface area contributed by atoms with Crippen molar-refractivity contribution in [1.29, 1.82) is 0 Å². The number of hydrogen-bond donors (Lipinski definition) is 1. The lowest BCUT2D eigenvalue weighted by atomic mass is 10.0. The van der Waals surface area contributed by atoms with Crippen LogP contribution in [0.4, 0.5) is 4.39 Å². The number of carbonyl (C=O) groups excluding carboxylic acids is 1. The number of amides is 1. The molecule has 100 valence electrons. The SMILES string of the molecule is COc1ccc(C(=O)NC(C)(C)C(C)Cl)c(F)c1. The minimum atomic E-state index is -0.620. The van der Waals surface area contributed by atoms with Gasteiger partial charge in [0.15, 0.2) is 0 Å². The van der Waals surface area contributed by atoms with E-state index in [9.17, 15) is 9.18 Å². The van der Waals surface area contributed by atoms with Crippen LogP contribution in [-0.4, -0.2) is 23.9 Å².